The molecule has 0 bridgehead atoms. The number of hydrogen-bond donors (Lipinski definition) is 2. The maximum absolute atomic E-state index is 12.6. The second-order valence-corrected chi connectivity index (χ2v) is 9.01. The molecule has 32 heavy (non-hydrogen) atoms. The van der Waals surface area contributed by atoms with Gasteiger partial charge in [0, 0.05) is 37.6 Å². The largest absolute Gasteiger partial charge is 0.391 e. The molecule has 9 heteroatoms. The van der Waals surface area contributed by atoms with Gasteiger partial charge in [-0.1, -0.05) is 12.8 Å². The first-order chi connectivity index (χ1) is 15.6. The molecule has 0 radical (unpaired) electrons. The number of aliphatic hydroxyl groups excluding tert-OH is 1. The molecule has 1 saturated heterocycles. The summed E-state index contributed by atoms with van der Waals surface area (Å²) in [4.78, 5) is 19.4. The summed E-state index contributed by atoms with van der Waals surface area (Å²) in [6.45, 7) is 3.60. The van der Waals surface area contributed by atoms with Crippen LogP contribution < -0.4 is 15.8 Å². The van der Waals surface area contributed by atoms with Crippen LogP contribution in [0.5, 0.6) is 0 Å². The van der Waals surface area contributed by atoms with Crippen LogP contribution in [0, 0.1) is 6.92 Å². The summed E-state index contributed by atoms with van der Waals surface area (Å²) >= 11 is 0. The van der Waals surface area contributed by atoms with E-state index in [0.29, 0.717) is 0 Å². The molecule has 4 heterocycles. The lowest BCUT2D eigenvalue weighted by Crippen LogP contribution is -2.45. The highest BCUT2D eigenvalue weighted by Gasteiger charge is 2.29. The van der Waals surface area contributed by atoms with Crippen molar-refractivity contribution in [3.8, 4) is 0 Å². The van der Waals surface area contributed by atoms with Crippen molar-refractivity contribution in [1.29, 1.82) is 0 Å². The van der Waals surface area contributed by atoms with E-state index in [1.54, 1.807) is 12.3 Å². The molecule has 3 aromatic rings. The van der Waals surface area contributed by atoms with Crippen molar-refractivity contribution >= 4 is 17.2 Å². The minimum absolute atomic E-state index is 0.140. The number of nitrogens with zero attached hydrogens (tertiary/aromatic N) is 6. The van der Waals surface area contributed by atoms with E-state index in [9.17, 15) is 9.90 Å². The van der Waals surface area contributed by atoms with Gasteiger partial charge in [0.15, 0.2) is 5.82 Å². The van der Waals surface area contributed by atoms with Gasteiger partial charge < -0.3 is 15.3 Å². The normalized spacial score (nSPS) is 24.1. The average molecular weight is 438 g/mol. The molecule has 0 spiro atoms. The first-order valence-corrected chi connectivity index (χ1v) is 11.7. The molecule has 1 aliphatic carbocycles. The lowest BCUT2D eigenvalue weighted by molar-refractivity contribution is 0.0669. The van der Waals surface area contributed by atoms with E-state index >= 15 is 0 Å². The molecule has 2 aliphatic rings. The molecule has 2 N–H and O–H groups in total. The van der Waals surface area contributed by atoms with Gasteiger partial charge in [-0.05, 0) is 51.2 Å². The monoisotopic (exact) mass is 437 g/mol. The van der Waals surface area contributed by atoms with Gasteiger partial charge in [0.1, 0.15) is 11.3 Å². The lowest BCUT2D eigenvalue weighted by atomic mass is 9.93. The van der Waals surface area contributed by atoms with Gasteiger partial charge in [-0.2, -0.15) is 10.2 Å². The second kappa shape index (κ2) is 8.90. The molecule has 2 fully saturated rings. The smallest absolute Gasteiger partial charge is 0.267 e. The molecule has 0 amide bonds. The molecule has 3 aromatic heterocycles. The maximum atomic E-state index is 12.6. The van der Waals surface area contributed by atoms with Crippen LogP contribution in [0.2, 0.25) is 0 Å². The lowest BCUT2D eigenvalue weighted by Gasteiger charge is -2.37. The van der Waals surface area contributed by atoms with E-state index in [2.05, 4.69) is 20.3 Å². The van der Waals surface area contributed by atoms with Gasteiger partial charge in [-0.25, -0.2) is 14.2 Å². The van der Waals surface area contributed by atoms with Crippen LogP contribution in [0.4, 0.5) is 11.6 Å². The fourth-order valence-corrected chi connectivity index (χ4v) is 5.09. The molecular weight excluding hydrogens is 406 g/mol. The maximum Gasteiger partial charge on any atom is 0.267 e. The molecule has 5 rings (SSSR count). The predicted octanol–water partition coefficient (Wildman–Crippen LogP) is 2.54. The highest BCUT2D eigenvalue weighted by Crippen LogP contribution is 2.29. The Hall–Kier alpha value is -2.94. The third-order valence-electron chi connectivity index (χ3n) is 6.76. The summed E-state index contributed by atoms with van der Waals surface area (Å²) in [5.74, 6) is 1.63. The molecule has 1 aliphatic heterocycles. The zero-order valence-corrected chi connectivity index (χ0v) is 18.5. The number of aromatic nitrogens is 5. The first-order valence-electron chi connectivity index (χ1n) is 11.7. The SMILES string of the molecule is Cc1cc2c(NCC3CCCCN3c3ccc(=O)n(C4CCCCC4O)n3)nccn2n1. The number of nitrogens with one attached hydrogen (secondary N) is 1. The van der Waals surface area contributed by atoms with Crippen LogP contribution >= 0.6 is 0 Å². The van der Waals surface area contributed by atoms with Crippen LogP contribution in [0.25, 0.3) is 5.52 Å². The minimum atomic E-state index is -0.506. The summed E-state index contributed by atoms with van der Waals surface area (Å²) in [5, 5.41) is 23.2. The summed E-state index contributed by atoms with van der Waals surface area (Å²) in [7, 11) is 0. The van der Waals surface area contributed by atoms with E-state index in [0.717, 1.165) is 80.9 Å². The van der Waals surface area contributed by atoms with Crippen molar-refractivity contribution in [3.05, 3.63) is 46.6 Å². The number of piperidine rings is 1. The van der Waals surface area contributed by atoms with Crippen LogP contribution in [0.3, 0.4) is 0 Å². The van der Waals surface area contributed by atoms with Gasteiger partial charge in [-0.15, -0.1) is 0 Å². The van der Waals surface area contributed by atoms with Gasteiger partial charge in [0.2, 0.25) is 0 Å². The number of aryl methyl sites for hydroxylation is 1. The zero-order valence-electron chi connectivity index (χ0n) is 18.5. The van der Waals surface area contributed by atoms with Crippen LogP contribution in [-0.2, 0) is 0 Å². The number of aliphatic hydroxyl groups is 1. The number of anilines is 2. The predicted molar refractivity (Wildman–Crippen MR) is 123 cm³/mol. The molecule has 1 saturated carbocycles. The Morgan fingerprint density at radius 1 is 1.12 bits per heavy atom. The third kappa shape index (κ3) is 4.09. The molecule has 3 atom stereocenters. The third-order valence-corrected chi connectivity index (χ3v) is 6.76. The Morgan fingerprint density at radius 2 is 1.97 bits per heavy atom. The topological polar surface area (TPSA) is 101 Å². The molecule has 3 unspecified atom stereocenters. The molecule has 9 nitrogen and oxygen atoms in total. The summed E-state index contributed by atoms with van der Waals surface area (Å²) in [5.41, 5.74) is 1.78. The summed E-state index contributed by atoms with van der Waals surface area (Å²) in [6.07, 6.45) is 9.95. The highest BCUT2D eigenvalue weighted by atomic mass is 16.3. The minimum Gasteiger partial charge on any atom is -0.391 e. The van der Waals surface area contributed by atoms with Crippen molar-refractivity contribution < 1.29 is 5.11 Å². The number of rotatable bonds is 5. The molecule has 0 aromatic carbocycles. The van der Waals surface area contributed by atoms with Gasteiger partial charge in [0.05, 0.1) is 17.8 Å². The number of fused-ring (bicyclic) bond motifs is 1. The Kier molecular flexibility index (Phi) is 5.82. The van der Waals surface area contributed by atoms with E-state index in [4.69, 9.17) is 5.10 Å². The Labute approximate surface area is 187 Å². The standard InChI is InChI=1S/C23H31N7O2/c1-16-14-19-23(24-11-13-29(19)26-16)25-15-17-6-4-5-12-28(17)21-9-10-22(32)30(27-21)18-7-2-3-8-20(18)31/h9-11,13-14,17-18,20,31H,2-8,12,15H2,1H3,(H,24,25). The van der Waals surface area contributed by atoms with Crippen molar-refractivity contribution in [2.24, 2.45) is 0 Å². The van der Waals surface area contributed by atoms with Crippen LogP contribution in [0.1, 0.15) is 56.7 Å². The zero-order chi connectivity index (χ0) is 22.1. The first kappa shape index (κ1) is 20.9. The van der Waals surface area contributed by atoms with Gasteiger partial charge in [-0.3, -0.25) is 4.79 Å². The molecule has 170 valence electrons. The van der Waals surface area contributed by atoms with Gasteiger partial charge >= 0.3 is 0 Å². The quantitative estimate of drug-likeness (QED) is 0.633. The van der Waals surface area contributed by atoms with Crippen molar-refractivity contribution in [2.45, 2.75) is 70.1 Å². The van der Waals surface area contributed by atoms with Crippen molar-refractivity contribution in [2.75, 3.05) is 23.3 Å². The van der Waals surface area contributed by atoms with Gasteiger partial charge in [0.25, 0.3) is 5.56 Å². The Bertz CT molecular complexity index is 1140. The van der Waals surface area contributed by atoms with Crippen molar-refractivity contribution in [3.63, 3.8) is 0 Å². The Balaban J connectivity index is 1.37. The van der Waals surface area contributed by atoms with E-state index in [1.807, 2.05) is 29.8 Å². The Morgan fingerprint density at radius 3 is 2.84 bits per heavy atom. The summed E-state index contributed by atoms with van der Waals surface area (Å²) in [6, 6.07) is 5.46. The van der Waals surface area contributed by atoms with E-state index < -0.39 is 6.10 Å². The van der Waals surface area contributed by atoms with E-state index in [1.165, 1.54) is 4.68 Å². The second-order valence-electron chi connectivity index (χ2n) is 9.01. The van der Waals surface area contributed by atoms with Crippen LogP contribution in [-0.4, -0.2) is 54.7 Å². The fourth-order valence-electron chi connectivity index (χ4n) is 5.09. The summed E-state index contributed by atoms with van der Waals surface area (Å²) < 4.78 is 3.37. The number of hydrogen-bond acceptors (Lipinski definition) is 7. The highest BCUT2D eigenvalue weighted by molar-refractivity contribution is 5.67. The van der Waals surface area contributed by atoms with Crippen molar-refractivity contribution in [1.82, 2.24) is 24.4 Å². The van der Waals surface area contributed by atoms with E-state index in [-0.39, 0.29) is 17.6 Å². The van der Waals surface area contributed by atoms with Crippen LogP contribution in [0.15, 0.2) is 35.4 Å². The molecular formula is C23H31N7O2. The average Bonchev–Trinajstić information content (AvgIpc) is 3.20. The fraction of sp³-hybridized carbons (Fsp3) is 0.565.